The van der Waals surface area contributed by atoms with E-state index in [1.807, 2.05) is 24.3 Å². The van der Waals surface area contributed by atoms with Crippen LogP contribution in [0.25, 0.3) is 10.9 Å². The molecule has 8 nitrogen and oxygen atoms in total. The lowest BCUT2D eigenvalue weighted by Gasteiger charge is -2.33. The van der Waals surface area contributed by atoms with Crippen LogP contribution in [0.3, 0.4) is 0 Å². The Hall–Kier alpha value is -3.39. The lowest BCUT2D eigenvalue weighted by Crippen LogP contribution is -2.43. The predicted molar refractivity (Wildman–Crippen MR) is 124 cm³/mol. The largest absolute Gasteiger partial charge is 0.481 e. The molecule has 0 bridgehead atoms. The van der Waals surface area contributed by atoms with Crippen molar-refractivity contribution in [2.75, 3.05) is 36.1 Å². The number of pyridine rings is 2. The summed E-state index contributed by atoms with van der Waals surface area (Å²) in [6, 6.07) is 9.70. The Morgan fingerprint density at radius 1 is 1.32 bits per heavy atom. The summed E-state index contributed by atoms with van der Waals surface area (Å²) in [5.41, 5.74) is 16.2. The number of piperidine rings is 1. The van der Waals surface area contributed by atoms with E-state index in [2.05, 4.69) is 27.1 Å². The average molecular weight is 421 g/mol. The lowest BCUT2D eigenvalue weighted by atomic mass is 10.1. The Morgan fingerprint density at radius 3 is 2.90 bits per heavy atom. The van der Waals surface area contributed by atoms with Crippen molar-refractivity contribution in [1.82, 2.24) is 9.97 Å². The first-order valence-corrected chi connectivity index (χ1v) is 10.5. The van der Waals surface area contributed by atoms with Gasteiger partial charge < -0.3 is 26.4 Å². The molecule has 162 valence electrons. The summed E-state index contributed by atoms with van der Waals surface area (Å²) < 4.78 is 5.29. The molecular formula is C23H28N6O2. The Morgan fingerprint density at radius 2 is 2.16 bits per heavy atom. The maximum Gasteiger partial charge on any atom is 0.276 e. The molecule has 0 unspecified atom stereocenters. The minimum atomic E-state index is -0.379. The van der Waals surface area contributed by atoms with Gasteiger partial charge in [0.15, 0.2) is 5.69 Å². The van der Waals surface area contributed by atoms with Gasteiger partial charge in [0.1, 0.15) is 0 Å². The van der Waals surface area contributed by atoms with Gasteiger partial charge in [0.2, 0.25) is 5.88 Å². The van der Waals surface area contributed by atoms with Crippen LogP contribution in [0.4, 0.5) is 17.1 Å². The van der Waals surface area contributed by atoms with Crippen molar-refractivity contribution in [1.29, 1.82) is 0 Å². The Labute approximate surface area is 181 Å². The number of carbonyl (C=O) groups excluding carboxylic acids is 1. The number of carbonyl (C=O) groups is 1. The standard InChI is InChI=1S/C23H28N6O2/c1-3-14-6-7-15-10-17(25)22(27-18(15)9-14)23(30)28-19-12-26-21(31-2)11-20(19)29-8-4-5-16(24)13-29/h6-7,9-12,16H,3-5,8,13,24-25H2,1-2H3,(H,28,30)/t16-/m0/s1. The molecule has 0 saturated carbocycles. The smallest absolute Gasteiger partial charge is 0.276 e. The molecule has 0 aliphatic carbocycles. The first-order valence-electron chi connectivity index (χ1n) is 10.5. The van der Waals surface area contributed by atoms with Gasteiger partial charge in [0.05, 0.1) is 35.9 Å². The fraction of sp³-hybridized carbons (Fsp3) is 0.348. The number of aryl methyl sites for hydroxylation is 1. The highest BCUT2D eigenvalue weighted by atomic mass is 16.5. The summed E-state index contributed by atoms with van der Waals surface area (Å²) in [7, 11) is 1.57. The zero-order valence-corrected chi connectivity index (χ0v) is 17.9. The number of fused-ring (bicyclic) bond motifs is 1. The number of nitrogens with two attached hydrogens (primary N) is 2. The fourth-order valence-electron chi connectivity index (χ4n) is 3.94. The molecule has 1 aliphatic heterocycles. The lowest BCUT2D eigenvalue weighted by molar-refractivity contribution is 0.102. The molecule has 3 aromatic rings. The summed E-state index contributed by atoms with van der Waals surface area (Å²) in [6.45, 7) is 3.63. The topological polar surface area (TPSA) is 119 Å². The monoisotopic (exact) mass is 420 g/mol. The normalized spacial score (nSPS) is 16.4. The number of hydrogen-bond donors (Lipinski definition) is 3. The minimum absolute atomic E-state index is 0.0852. The highest BCUT2D eigenvalue weighted by molar-refractivity contribution is 6.09. The van der Waals surface area contributed by atoms with Crippen molar-refractivity contribution in [3.8, 4) is 5.88 Å². The van der Waals surface area contributed by atoms with Gasteiger partial charge in [0, 0.05) is 30.6 Å². The second kappa shape index (κ2) is 8.77. The van der Waals surface area contributed by atoms with Gasteiger partial charge in [-0.15, -0.1) is 0 Å². The van der Waals surface area contributed by atoms with Crippen LogP contribution >= 0.6 is 0 Å². The number of methoxy groups -OCH3 is 1. The summed E-state index contributed by atoms with van der Waals surface area (Å²) in [4.78, 5) is 24.1. The van der Waals surface area contributed by atoms with Crippen molar-refractivity contribution >= 4 is 33.9 Å². The Bertz CT molecular complexity index is 1120. The molecule has 0 spiro atoms. The highest BCUT2D eigenvalue weighted by Gasteiger charge is 2.22. The molecule has 1 aromatic carbocycles. The van der Waals surface area contributed by atoms with Gasteiger partial charge in [-0.25, -0.2) is 9.97 Å². The second-order valence-corrected chi connectivity index (χ2v) is 7.85. The SMILES string of the molecule is CCc1ccc2cc(N)c(C(=O)Nc3cnc(OC)cc3N3CCC[C@H](N)C3)nc2c1. The van der Waals surface area contributed by atoms with E-state index in [1.165, 1.54) is 0 Å². The van der Waals surface area contributed by atoms with E-state index in [4.69, 9.17) is 16.2 Å². The molecule has 1 saturated heterocycles. The summed E-state index contributed by atoms with van der Waals surface area (Å²) >= 11 is 0. The van der Waals surface area contributed by atoms with Gasteiger partial charge >= 0.3 is 0 Å². The van der Waals surface area contributed by atoms with Crippen molar-refractivity contribution in [2.24, 2.45) is 5.73 Å². The number of nitrogens with zero attached hydrogens (tertiary/aromatic N) is 3. The van der Waals surface area contributed by atoms with Crippen LogP contribution in [0, 0.1) is 0 Å². The van der Waals surface area contributed by atoms with Crippen molar-refractivity contribution < 1.29 is 9.53 Å². The van der Waals surface area contributed by atoms with E-state index < -0.39 is 0 Å². The predicted octanol–water partition coefficient (Wildman–Crippen LogP) is 2.96. The third kappa shape index (κ3) is 4.39. The van der Waals surface area contributed by atoms with Crippen LogP contribution in [0.1, 0.15) is 35.8 Å². The quantitative estimate of drug-likeness (QED) is 0.580. The first-order chi connectivity index (χ1) is 15.0. The zero-order valence-electron chi connectivity index (χ0n) is 17.9. The third-order valence-electron chi connectivity index (χ3n) is 5.65. The number of ether oxygens (including phenoxy) is 1. The molecule has 4 rings (SSSR count). The number of nitrogen functional groups attached to an aromatic ring is 1. The van der Waals surface area contributed by atoms with Gasteiger partial charge in [-0.1, -0.05) is 19.1 Å². The summed E-state index contributed by atoms with van der Waals surface area (Å²) in [5.74, 6) is 0.0957. The second-order valence-electron chi connectivity index (χ2n) is 7.85. The Kier molecular flexibility index (Phi) is 5.90. The highest BCUT2D eigenvalue weighted by Crippen LogP contribution is 2.31. The van der Waals surface area contributed by atoms with Gasteiger partial charge in [-0.3, -0.25) is 4.79 Å². The van der Waals surface area contributed by atoms with Crippen molar-refractivity contribution in [3.63, 3.8) is 0 Å². The molecular weight excluding hydrogens is 392 g/mol. The number of hydrogen-bond acceptors (Lipinski definition) is 7. The number of aromatic nitrogens is 2. The van der Waals surface area contributed by atoms with Gasteiger partial charge in [-0.05, 0) is 37.0 Å². The van der Waals surface area contributed by atoms with Gasteiger partial charge in [0.25, 0.3) is 5.91 Å². The van der Waals surface area contributed by atoms with Gasteiger partial charge in [-0.2, -0.15) is 0 Å². The average Bonchev–Trinajstić information content (AvgIpc) is 2.78. The minimum Gasteiger partial charge on any atom is -0.481 e. The Balaban J connectivity index is 1.67. The van der Waals surface area contributed by atoms with E-state index in [-0.39, 0.29) is 17.6 Å². The summed E-state index contributed by atoms with van der Waals surface area (Å²) in [6.07, 6.45) is 4.46. The fourth-order valence-corrected chi connectivity index (χ4v) is 3.94. The van der Waals surface area contributed by atoms with E-state index in [9.17, 15) is 4.79 Å². The maximum atomic E-state index is 13.1. The maximum absolute atomic E-state index is 13.1. The van der Waals surface area contributed by atoms with Crippen molar-refractivity contribution in [2.45, 2.75) is 32.2 Å². The molecule has 31 heavy (non-hydrogen) atoms. The molecule has 1 fully saturated rings. The molecule has 1 amide bonds. The molecule has 5 N–H and O–H groups in total. The summed E-state index contributed by atoms with van der Waals surface area (Å²) in [5, 5.41) is 3.85. The van der Waals surface area contributed by atoms with Crippen LogP contribution in [0.5, 0.6) is 5.88 Å². The molecule has 2 aromatic heterocycles. The molecule has 0 radical (unpaired) electrons. The molecule has 8 heteroatoms. The first kappa shape index (κ1) is 20.9. The number of benzene rings is 1. The van der Waals surface area contributed by atoms with E-state index in [0.717, 1.165) is 48.0 Å². The number of anilines is 3. The van der Waals surface area contributed by atoms with Crippen LogP contribution < -0.4 is 26.4 Å². The molecule has 3 heterocycles. The molecule has 1 atom stereocenters. The van der Waals surface area contributed by atoms with Crippen LogP contribution in [-0.2, 0) is 6.42 Å². The number of amides is 1. The molecule has 1 aliphatic rings. The number of nitrogens with one attached hydrogen (secondary N) is 1. The number of rotatable bonds is 5. The van der Waals surface area contributed by atoms with E-state index in [0.29, 0.717) is 23.8 Å². The van der Waals surface area contributed by atoms with Crippen LogP contribution in [0.15, 0.2) is 36.5 Å². The van der Waals surface area contributed by atoms with E-state index in [1.54, 1.807) is 19.4 Å². The van der Waals surface area contributed by atoms with Crippen molar-refractivity contribution in [3.05, 3.63) is 47.8 Å². The third-order valence-corrected chi connectivity index (χ3v) is 5.65. The zero-order chi connectivity index (χ0) is 22.0. The van der Waals surface area contributed by atoms with E-state index >= 15 is 0 Å². The van der Waals surface area contributed by atoms with Crippen LogP contribution in [0.2, 0.25) is 0 Å². The van der Waals surface area contributed by atoms with Crippen LogP contribution in [-0.4, -0.2) is 42.1 Å².